The van der Waals surface area contributed by atoms with Crippen LogP contribution in [0.3, 0.4) is 0 Å². The Morgan fingerprint density at radius 3 is 1.41 bits per heavy atom. The monoisotopic (exact) mass is 244 g/mol. The molecule has 2 aliphatic heterocycles. The minimum absolute atomic E-state index is 0.0246. The molecule has 100 valence electrons. The minimum Gasteiger partial charge on any atom is -0.352 e. The van der Waals surface area contributed by atoms with Gasteiger partial charge in [-0.2, -0.15) is 0 Å². The molecule has 0 bridgehead atoms. The molecule has 2 saturated heterocycles. The summed E-state index contributed by atoms with van der Waals surface area (Å²) in [6, 6.07) is 0. The van der Waals surface area contributed by atoms with Crippen LogP contribution in [0, 0.1) is 5.41 Å². The molecular formula is C13H24O4. The van der Waals surface area contributed by atoms with Crippen LogP contribution in [0.15, 0.2) is 0 Å². The number of hydrogen-bond acceptors (Lipinski definition) is 4. The zero-order valence-corrected chi connectivity index (χ0v) is 11.7. The number of rotatable bonds is 0. The highest BCUT2D eigenvalue weighted by atomic mass is 16.7. The fourth-order valence-electron chi connectivity index (χ4n) is 4.08. The van der Waals surface area contributed by atoms with E-state index in [-0.39, 0.29) is 28.8 Å². The van der Waals surface area contributed by atoms with Crippen LogP contribution in [0.2, 0.25) is 0 Å². The summed E-state index contributed by atoms with van der Waals surface area (Å²) >= 11 is 0. The molecule has 4 nitrogen and oxygen atoms in total. The number of hydrogen-bond donors (Lipinski definition) is 0. The summed E-state index contributed by atoms with van der Waals surface area (Å²) in [5, 5.41) is 0. The van der Waals surface area contributed by atoms with Gasteiger partial charge in [-0.25, -0.2) is 0 Å². The zero-order valence-electron chi connectivity index (χ0n) is 11.7. The van der Waals surface area contributed by atoms with Gasteiger partial charge in [-0.3, -0.25) is 0 Å². The maximum atomic E-state index is 5.85. The molecule has 0 N–H and O–H groups in total. The highest BCUT2D eigenvalue weighted by Gasteiger charge is 2.67. The lowest BCUT2D eigenvalue weighted by molar-refractivity contribution is -0.395. The van der Waals surface area contributed by atoms with Crippen molar-refractivity contribution in [2.75, 3.05) is 13.6 Å². The summed E-state index contributed by atoms with van der Waals surface area (Å²) in [6.07, 6.45) is 0.0492. The van der Waals surface area contributed by atoms with Crippen molar-refractivity contribution >= 4 is 0 Å². The summed E-state index contributed by atoms with van der Waals surface area (Å²) in [4.78, 5) is 0. The van der Waals surface area contributed by atoms with E-state index in [1.165, 1.54) is 0 Å². The van der Waals surface area contributed by atoms with E-state index in [1.807, 2.05) is 0 Å². The maximum Gasteiger partial charge on any atom is 0.147 e. The largest absolute Gasteiger partial charge is 0.352 e. The van der Waals surface area contributed by atoms with Gasteiger partial charge in [0.1, 0.15) is 13.6 Å². The van der Waals surface area contributed by atoms with Crippen molar-refractivity contribution in [3.05, 3.63) is 0 Å². The van der Waals surface area contributed by atoms with Crippen LogP contribution in [0.25, 0.3) is 0 Å². The summed E-state index contributed by atoms with van der Waals surface area (Å²) in [7, 11) is 0. The van der Waals surface area contributed by atoms with Crippen LogP contribution in [0.5, 0.6) is 0 Å². The first-order valence-electron chi connectivity index (χ1n) is 6.27. The molecule has 1 spiro atoms. The Bertz CT molecular complexity index is 268. The Hall–Kier alpha value is -0.160. The topological polar surface area (TPSA) is 36.9 Å². The van der Waals surface area contributed by atoms with Crippen molar-refractivity contribution in [3.63, 3.8) is 0 Å². The molecule has 0 aromatic carbocycles. The van der Waals surface area contributed by atoms with E-state index in [4.69, 9.17) is 18.9 Å². The standard InChI is InChI=1S/C13H24O4/c1-9-13(11(3,4)16-7-14-9)10(2)15-8-17-12(13,5)6/h9-10H,7-8H2,1-6H3. The lowest BCUT2D eigenvalue weighted by Gasteiger charge is -2.63. The number of ether oxygens (including phenoxy) is 4. The van der Waals surface area contributed by atoms with E-state index in [0.29, 0.717) is 13.6 Å². The Balaban J connectivity index is 2.53. The molecule has 0 aromatic heterocycles. The van der Waals surface area contributed by atoms with E-state index in [9.17, 15) is 0 Å². The van der Waals surface area contributed by atoms with Gasteiger partial charge in [0, 0.05) is 0 Å². The normalized spacial score (nSPS) is 44.8. The Labute approximate surface area is 104 Å². The molecule has 2 heterocycles. The van der Waals surface area contributed by atoms with Gasteiger partial charge in [-0.1, -0.05) is 0 Å². The summed E-state index contributed by atoms with van der Waals surface area (Å²) in [5.74, 6) is 0. The molecule has 2 aliphatic rings. The van der Waals surface area contributed by atoms with Crippen LogP contribution in [-0.4, -0.2) is 37.0 Å². The van der Waals surface area contributed by atoms with Crippen LogP contribution < -0.4 is 0 Å². The van der Waals surface area contributed by atoms with Crippen molar-refractivity contribution in [2.24, 2.45) is 5.41 Å². The molecule has 2 atom stereocenters. The molecule has 0 radical (unpaired) electrons. The molecule has 0 aliphatic carbocycles. The van der Waals surface area contributed by atoms with Crippen LogP contribution in [0.4, 0.5) is 0 Å². The highest BCUT2D eigenvalue weighted by Crippen LogP contribution is 2.56. The lowest BCUT2D eigenvalue weighted by Crippen LogP contribution is -2.74. The van der Waals surface area contributed by atoms with Gasteiger partial charge in [0.25, 0.3) is 0 Å². The quantitative estimate of drug-likeness (QED) is 0.655. The third-order valence-corrected chi connectivity index (χ3v) is 4.75. The fraction of sp³-hybridized carbons (Fsp3) is 1.00. The predicted octanol–water partition coefficient (Wildman–Crippen LogP) is 2.32. The van der Waals surface area contributed by atoms with Gasteiger partial charge in [0.15, 0.2) is 0 Å². The SMILES string of the molecule is CC1OCOC(C)(C)C12C(C)OCOC2(C)C. The fourth-order valence-corrected chi connectivity index (χ4v) is 4.08. The Morgan fingerprint density at radius 1 is 0.765 bits per heavy atom. The second kappa shape index (κ2) is 3.92. The minimum atomic E-state index is -0.353. The molecular weight excluding hydrogens is 220 g/mol. The van der Waals surface area contributed by atoms with Crippen molar-refractivity contribution in [1.29, 1.82) is 0 Å². The Kier molecular flexibility index (Phi) is 3.06. The first kappa shape index (κ1) is 13.3. The van der Waals surface area contributed by atoms with E-state index < -0.39 is 0 Å². The molecule has 0 saturated carbocycles. The highest BCUT2D eigenvalue weighted by molar-refractivity contribution is 5.13. The third-order valence-electron chi connectivity index (χ3n) is 4.75. The van der Waals surface area contributed by atoms with Crippen molar-refractivity contribution in [3.8, 4) is 0 Å². The summed E-state index contributed by atoms with van der Waals surface area (Å²) in [6.45, 7) is 13.2. The first-order valence-corrected chi connectivity index (χ1v) is 6.27. The van der Waals surface area contributed by atoms with Gasteiger partial charge < -0.3 is 18.9 Å². The molecule has 0 aromatic rings. The van der Waals surface area contributed by atoms with E-state index in [1.54, 1.807) is 0 Å². The average Bonchev–Trinajstić information content (AvgIpc) is 2.14. The van der Waals surface area contributed by atoms with Crippen LogP contribution in [0.1, 0.15) is 41.5 Å². The third kappa shape index (κ3) is 1.58. The molecule has 4 heteroatoms. The smallest absolute Gasteiger partial charge is 0.147 e. The molecule has 2 fully saturated rings. The van der Waals surface area contributed by atoms with Gasteiger partial charge in [0.2, 0.25) is 0 Å². The van der Waals surface area contributed by atoms with E-state index >= 15 is 0 Å². The first-order chi connectivity index (χ1) is 7.76. The van der Waals surface area contributed by atoms with Gasteiger partial charge in [-0.05, 0) is 41.5 Å². The zero-order chi connectivity index (χ0) is 12.9. The lowest BCUT2D eigenvalue weighted by atomic mass is 9.56. The van der Waals surface area contributed by atoms with E-state index in [0.717, 1.165) is 0 Å². The molecule has 0 amide bonds. The van der Waals surface area contributed by atoms with Gasteiger partial charge in [0.05, 0.1) is 28.8 Å². The van der Waals surface area contributed by atoms with Crippen molar-refractivity contribution < 1.29 is 18.9 Å². The second-order valence-corrected chi connectivity index (χ2v) is 6.03. The van der Waals surface area contributed by atoms with Gasteiger partial charge >= 0.3 is 0 Å². The summed E-state index contributed by atoms with van der Waals surface area (Å²) in [5.41, 5.74) is -1.03. The average molecular weight is 244 g/mol. The molecule has 2 unspecified atom stereocenters. The van der Waals surface area contributed by atoms with Gasteiger partial charge in [-0.15, -0.1) is 0 Å². The predicted molar refractivity (Wildman–Crippen MR) is 63.6 cm³/mol. The molecule has 2 rings (SSSR count). The molecule has 17 heavy (non-hydrogen) atoms. The maximum absolute atomic E-state index is 5.85. The van der Waals surface area contributed by atoms with E-state index in [2.05, 4.69) is 41.5 Å². The Morgan fingerprint density at radius 2 is 1.12 bits per heavy atom. The van der Waals surface area contributed by atoms with Crippen LogP contribution in [-0.2, 0) is 18.9 Å². The second-order valence-electron chi connectivity index (χ2n) is 6.03. The van der Waals surface area contributed by atoms with Crippen LogP contribution >= 0.6 is 0 Å². The summed E-state index contributed by atoms with van der Waals surface area (Å²) < 4.78 is 23.2. The van der Waals surface area contributed by atoms with Crippen molar-refractivity contribution in [2.45, 2.75) is 65.0 Å². The van der Waals surface area contributed by atoms with Crippen molar-refractivity contribution in [1.82, 2.24) is 0 Å².